The van der Waals surface area contributed by atoms with Gasteiger partial charge < -0.3 is 18.9 Å². The molecule has 1 aliphatic carbocycles. The maximum absolute atomic E-state index is 5.80. The molecule has 130 valence electrons. The Bertz CT molecular complexity index is 455. The van der Waals surface area contributed by atoms with E-state index in [-0.39, 0.29) is 12.2 Å². The van der Waals surface area contributed by atoms with Gasteiger partial charge in [-0.25, -0.2) is 0 Å². The average molecular weight is 330 g/mol. The molecule has 0 spiro atoms. The first-order valence-electron chi connectivity index (χ1n) is 8.05. The molecule has 0 aromatic rings. The first-order chi connectivity index (χ1) is 11.9. The fourth-order valence-corrected chi connectivity index (χ4v) is 2.00. The van der Waals surface area contributed by atoms with Gasteiger partial charge in [0.2, 0.25) is 0 Å². The molecule has 0 bridgehead atoms. The van der Waals surface area contributed by atoms with Crippen LogP contribution in [0.3, 0.4) is 0 Å². The number of ether oxygens (including phenoxy) is 4. The van der Waals surface area contributed by atoms with Crippen molar-refractivity contribution in [3.8, 4) is 23.7 Å². The molecule has 0 aromatic heterocycles. The zero-order valence-corrected chi connectivity index (χ0v) is 14.2. The first kappa shape index (κ1) is 20.2. The minimum atomic E-state index is 0.0113. The largest absolute Gasteiger partial charge is 0.365 e. The fraction of sp³-hybridized carbons (Fsp3) is 0.500. The van der Waals surface area contributed by atoms with Crippen LogP contribution in [0.15, 0.2) is 37.5 Å². The van der Waals surface area contributed by atoms with Gasteiger partial charge in [0, 0.05) is 0 Å². The van der Waals surface area contributed by atoms with Gasteiger partial charge in [-0.05, 0) is 12.8 Å². The van der Waals surface area contributed by atoms with Gasteiger partial charge in [0.1, 0.15) is 26.4 Å². The molecule has 0 fully saturated rings. The monoisotopic (exact) mass is 330 g/mol. The van der Waals surface area contributed by atoms with Gasteiger partial charge in [0.15, 0.2) is 0 Å². The lowest BCUT2D eigenvalue weighted by Crippen LogP contribution is -2.33. The maximum atomic E-state index is 5.80. The quantitative estimate of drug-likeness (QED) is 0.350. The lowest BCUT2D eigenvalue weighted by molar-refractivity contribution is -0.0555. The molecule has 0 unspecified atom stereocenters. The molecule has 0 radical (unpaired) electrons. The third-order valence-corrected chi connectivity index (χ3v) is 3.13. The standard InChI is InChI=1S/C20H26O4/c1-3-13-21-15-7-9-17-23-19-11-5-6-12-20(19)24-18-10-8-16-22-14-4-2/h3-6,19-20H,1-2,11-18H2/t19-,20-/m1/s1. The molecule has 0 aromatic carbocycles. The van der Waals surface area contributed by atoms with Crippen molar-refractivity contribution < 1.29 is 18.9 Å². The summed E-state index contributed by atoms with van der Waals surface area (Å²) in [5.41, 5.74) is 0. The third kappa shape index (κ3) is 10.0. The van der Waals surface area contributed by atoms with E-state index in [4.69, 9.17) is 18.9 Å². The lowest BCUT2D eigenvalue weighted by Gasteiger charge is -2.27. The van der Waals surface area contributed by atoms with Crippen LogP contribution in [0.25, 0.3) is 0 Å². The number of hydrogen-bond donors (Lipinski definition) is 0. The zero-order valence-electron chi connectivity index (χ0n) is 14.2. The van der Waals surface area contributed by atoms with Crippen molar-refractivity contribution in [2.45, 2.75) is 25.0 Å². The number of rotatable bonds is 10. The predicted molar refractivity (Wildman–Crippen MR) is 95.4 cm³/mol. The van der Waals surface area contributed by atoms with Crippen molar-refractivity contribution in [2.75, 3.05) is 39.6 Å². The molecule has 2 atom stereocenters. The van der Waals surface area contributed by atoms with Gasteiger partial charge in [-0.2, -0.15) is 0 Å². The molecular weight excluding hydrogens is 304 g/mol. The molecule has 1 rings (SSSR count). The molecule has 0 N–H and O–H groups in total. The molecule has 1 aliphatic rings. The summed E-state index contributed by atoms with van der Waals surface area (Å²) in [6, 6.07) is 0. The third-order valence-electron chi connectivity index (χ3n) is 3.13. The van der Waals surface area contributed by atoms with E-state index in [1.54, 1.807) is 12.2 Å². The van der Waals surface area contributed by atoms with E-state index in [1.165, 1.54) is 0 Å². The lowest BCUT2D eigenvalue weighted by atomic mass is 10.0. The van der Waals surface area contributed by atoms with E-state index in [2.05, 4.69) is 49.0 Å². The topological polar surface area (TPSA) is 36.9 Å². The average Bonchev–Trinajstić information content (AvgIpc) is 2.61. The second-order valence-corrected chi connectivity index (χ2v) is 4.96. The van der Waals surface area contributed by atoms with Crippen molar-refractivity contribution in [1.82, 2.24) is 0 Å². The second kappa shape index (κ2) is 14.8. The second-order valence-electron chi connectivity index (χ2n) is 4.96. The summed E-state index contributed by atoms with van der Waals surface area (Å²) in [6.07, 6.45) is 9.30. The summed E-state index contributed by atoms with van der Waals surface area (Å²) in [7, 11) is 0. The van der Waals surface area contributed by atoms with Gasteiger partial charge in [-0.15, -0.1) is 13.2 Å². The minimum Gasteiger partial charge on any atom is -0.365 e. The van der Waals surface area contributed by atoms with Gasteiger partial charge in [-0.3, -0.25) is 0 Å². The fourth-order valence-electron chi connectivity index (χ4n) is 2.00. The van der Waals surface area contributed by atoms with Crippen molar-refractivity contribution in [2.24, 2.45) is 0 Å². The van der Waals surface area contributed by atoms with Gasteiger partial charge >= 0.3 is 0 Å². The Morgan fingerprint density at radius 2 is 1.17 bits per heavy atom. The van der Waals surface area contributed by atoms with E-state index in [0.29, 0.717) is 39.6 Å². The Balaban J connectivity index is 2.23. The van der Waals surface area contributed by atoms with Crippen LogP contribution < -0.4 is 0 Å². The van der Waals surface area contributed by atoms with Crippen LogP contribution in [0, 0.1) is 23.7 Å². The molecule has 0 heterocycles. The van der Waals surface area contributed by atoms with E-state index in [9.17, 15) is 0 Å². The first-order valence-corrected chi connectivity index (χ1v) is 8.05. The van der Waals surface area contributed by atoms with Gasteiger partial charge in [-0.1, -0.05) is 48.0 Å². The van der Waals surface area contributed by atoms with Crippen LogP contribution in [-0.4, -0.2) is 51.8 Å². The molecule has 0 saturated carbocycles. The summed E-state index contributed by atoms with van der Waals surface area (Å²) in [5.74, 6) is 11.7. The zero-order chi connectivity index (χ0) is 17.3. The summed E-state index contributed by atoms with van der Waals surface area (Å²) < 4.78 is 22.0. The van der Waals surface area contributed by atoms with E-state index < -0.39 is 0 Å². The van der Waals surface area contributed by atoms with E-state index in [0.717, 1.165) is 12.8 Å². The van der Waals surface area contributed by atoms with Crippen LogP contribution in [0.2, 0.25) is 0 Å². The van der Waals surface area contributed by atoms with Crippen LogP contribution in [-0.2, 0) is 18.9 Å². The van der Waals surface area contributed by atoms with Crippen molar-refractivity contribution >= 4 is 0 Å². The molecule has 0 amide bonds. The molecule has 4 nitrogen and oxygen atoms in total. The summed E-state index contributed by atoms with van der Waals surface area (Å²) in [5, 5.41) is 0. The highest BCUT2D eigenvalue weighted by Gasteiger charge is 2.23. The Hall–Kier alpha value is -1.82. The molecule has 24 heavy (non-hydrogen) atoms. The highest BCUT2D eigenvalue weighted by atomic mass is 16.5. The Kier molecular flexibility index (Phi) is 12.4. The Morgan fingerprint density at radius 1 is 0.750 bits per heavy atom. The summed E-state index contributed by atoms with van der Waals surface area (Å²) >= 11 is 0. The highest BCUT2D eigenvalue weighted by molar-refractivity contribution is 5.03. The normalized spacial score (nSPS) is 18.8. The summed E-state index contributed by atoms with van der Waals surface area (Å²) in [4.78, 5) is 0. The van der Waals surface area contributed by atoms with Crippen LogP contribution in [0.1, 0.15) is 12.8 Å². The SMILES string of the molecule is C=CCOCC#CCO[C@@H]1CC=CC[C@H]1OCC#CCOCC=C. The summed E-state index contributed by atoms with van der Waals surface area (Å²) in [6.45, 7) is 9.70. The van der Waals surface area contributed by atoms with Gasteiger partial charge in [0.25, 0.3) is 0 Å². The van der Waals surface area contributed by atoms with E-state index in [1.807, 2.05) is 0 Å². The van der Waals surface area contributed by atoms with Crippen LogP contribution in [0.5, 0.6) is 0 Å². The molecule has 0 aliphatic heterocycles. The Morgan fingerprint density at radius 3 is 1.58 bits per heavy atom. The molecule has 0 saturated heterocycles. The van der Waals surface area contributed by atoms with Crippen molar-refractivity contribution in [1.29, 1.82) is 0 Å². The van der Waals surface area contributed by atoms with Crippen LogP contribution in [0.4, 0.5) is 0 Å². The highest BCUT2D eigenvalue weighted by Crippen LogP contribution is 2.18. The molecule has 4 heteroatoms. The predicted octanol–water partition coefficient (Wildman–Crippen LogP) is 2.52. The maximum Gasteiger partial charge on any atom is 0.108 e. The Labute approximate surface area is 145 Å². The smallest absolute Gasteiger partial charge is 0.108 e. The van der Waals surface area contributed by atoms with Crippen molar-refractivity contribution in [3.05, 3.63) is 37.5 Å². The minimum absolute atomic E-state index is 0.0113. The van der Waals surface area contributed by atoms with E-state index >= 15 is 0 Å². The number of hydrogen-bond acceptors (Lipinski definition) is 4. The molecular formula is C20H26O4. The van der Waals surface area contributed by atoms with Gasteiger partial charge in [0.05, 0.1) is 25.4 Å². The van der Waals surface area contributed by atoms with Crippen molar-refractivity contribution in [3.63, 3.8) is 0 Å². The van der Waals surface area contributed by atoms with Crippen LogP contribution >= 0.6 is 0 Å².